The van der Waals surface area contributed by atoms with E-state index in [-0.39, 0.29) is 11.7 Å². The molecule has 1 aromatic rings. The molecule has 1 amide bonds. The standard InChI is InChI=1S/C11H10N2O2/c1-7-4-2-3-5-8(7)10-9(14)6-12-13-11(10)15/h2-6,10H,1H3,(H,13,15). The van der Waals surface area contributed by atoms with Crippen molar-refractivity contribution in [2.75, 3.05) is 0 Å². The van der Waals surface area contributed by atoms with Gasteiger partial charge in [0.2, 0.25) is 0 Å². The van der Waals surface area contributed by atoms with Crippen molar-refractivity contribution in [3.8, 4) is 0 Å². The Balaban J connectivity index is 2.46. The molecule has 4 nitrogen and oxygen atoms in total. The third-order valence-electron chi connectivity index (χ3n) is 2.41. The van der Waals surface area contributed by atoms with Crippen molar-refractivity contribution in [3.05, 3.63) is 35.4 Å². The Kier molecular flexibility index (Phi) is 2.33. The van der Waals surface area contributed by atoms with Crippen LogP contribution in [0, 0.1) is 6.92 Å². The molecule has 2 rings (SSSR count). The third kappa shape index (κ3) is 1.66. The molecular weight excluding hydrogens is 192 g/mol. The first-order chi connectivity index (χ1) is 7.20. The van der Waals surface area contributed by atoms with Crippen LogP contribution in [0.3, 0.4) is 0 Å². The van der Waals surface area contributed by atoms with Gasteiger partial charge in [-0.2, -0.15) is 5.10 Å². The highest BCUT2D eigenvalue weighted by Crippen LogP contribution is 2.21. The average molecular weight is 202 g/mol. The summed E-state index contributed by atoms with van der Waals surface area (Å²) in [6.45, 7) is 1.88. The van der Waals surface area contributed by atoms with Gasteiger partial charge in [0.1, 0.15) is 5.92 Å². The Labute approximate surface area is 87.0 Å². The molecule has 0 saturated heterocycles. The first-order valence-electron chi connectivity index (χ1n) is 4.62. The molecule has 1 unspecified atom stereocenters. The monoisotopic (exact) mass is 202 g/mol. The Morgan fingerprint density at radius 3 is 2.67 bits per heavy atom. The Hall–Kier alpha value is -1.97. The zero-order valence-electron chi connectivity index (χ0n) is 8.23. The molecule has 1 heterocycles. The van der Waals surface area contributed by atoms with Crippen molar-refractivity contribution < 1.29 is 9.59 Å². The summed E-state index contributed by atoms with van der Waals surface area (Å²) < 4.78 is 0. The number of rotatable bonds is 1. The smallest absolute Gasteiger partial charge is 0.255 e. The fourth-order valence-corrected chi connectivity index (χ4v) is 1.63. The molecule has 0 fully saturated rings. The number of ketones is 1. The molecule has 76 valence electrons. The van der Waals surface area contributed by atoms with Crippen molar-refractivity contribution in [2.24, 2.45) is 5.10 Å². The number of amides is 1. The minimum absolute atomic E-state index is 0.270. The topological polar surface area (TPSA) is 58.5 Å². The van der Waals surface area contributed by atoms with E-state index in [1.54, 1.807) is 6.07 Å². The largest absolute Gasteiger partial charge is 0.292 e. The lowest BCUT2D eigenvalue weighted by Gasteiger charge is -2.17. The number of hydrazone groups is 1. The fourth-order valence-electron chi connectivity index (χ4n) is 1.63. The van der Waals surface area contributed by atoms with Crippen LogP contribution in [0.2, 0.25) is 0 Å². The van der Waals surface area contributed by atoms with E-state index in [9.17, 15) is 9.59 Å². The number of aryl methyl sites for hydroxylation is 1. The molecular formula is C11H10N2O2. The van der Waals surface area contributed by atoms with Crippen LogP contribution < -0.4 is 5.43 Å². The van der Waals surface area contributed by atoms with E-state index >= 15 is 0 Å². The maximum Gasteiger partial charge on any atom is 0.255 e. The normalized spacial score (nSPS) is 20.2. The maximum absolute atomic E-state index is 11.5. The van der Waals surface area contributed by atoms with Crippen LogP contribution in [-0.2, 0) is 9.59 Å². The highest BCUT2D eigenvalue weighted by Gasteiger charge is 2.30. The Morgan fingerprint density at radius 1 is 1.27 bits per heavy atom. The molecule has 4 heteroatoms. The van der Waals surface area contributed by atoms with Gasteiger partial charge in [0, 0.05) is 0 Å². The maximum atomic E-state index is 11.5. The third-order valence-corrected chi connectivity index (χ3v) is 2.41. The summed E-state index contributed by atoms with van der Waals surface area (Å²) in [6, 6.07) is 7.35. The SMILES string of the molecule is Cc1ccccc1C1C(=O)C=NNC1=O. The van der Waals surface area contributed by atoms with Gasteiger partial charge in [-0.1, -0.05) is 24.3 Å². The average Bonchev–Trinajstić information content (AvgIpc) is 2.20. The molecule has 1 aliphatic heterocycles. The number of nitrogens with one attached hydrogen (secondary N) is 1. The predicted molar refractivity (Wildman–Crippen MR) is 55.6 cm³/mol. The van der Waals surface area contributed by atoms with Crippen LogP contribution in [0.5, 0.6) is 0 Å². The number of carbonyl (C=O) groups is 2. The lowest BCUT2D eigenvalue weighted by Crippen LogP contribution is -2.36. The van der Waals surface area contributed by atoms with Gasteiger partial charge < -0.3 is 0 Å². The summed E-state index contributed by atoms with van der Waals surface area (Å²) in [5.41, 5.74) is 3.97. The van der Waals surface area contributed by atoms with Crippen molar-refractivity contribution >= 4 is 17.9 Å². The van der Waals surface area contributed by atoms with E-state index < -0.39 is 5.92 Å². The van der Waals surface area contributed by atoms with Crippen LogP contribution in [0.1, 0.15) is 17.0 Å². The van der Waals surface area contributed by atoms with Gasteiger partial charge in [0.25, 0.3) is 5.91 Å². The zero-order chi connectivity index (χ0) is 10.8. The van der Waals surface area contributed by atoms with Gasteiger partial charge in [-0.25, -0.2) is 5.43 Å². The number of carbonyl (C=O) groups excluding carboxylic acids is 2. The van der Waals surface area contributed by atoms with E-state index in [0.29, 0.717) is 0 Å². The van der Waals surface area contributed by atoms with Crippen LogP contribution >= 0.6 is 0 Å². The number of hydrogen-bond acceptors (Lipinski definition) is 3. The summed E-state index contributed by atoms with van der Waals surface area (Å²) in [5, 5.41) is 3.47. The Morgan fingerprint density at radius 2 is 2.00 bits per heavy atom. The molecule has 1 N–H and O–H groups in total. The minimum Gasteiger partial charge on any atom is -0.292 e. The van der Waals surface area contributed by atoms with E-state index in [0.717, 1.165) is 17.3 Å². The van der Waals surface area contributed by atoms with Gasteiger partial charge in [0.05, 0.1) is 6.21 Å². The molecule has 0 radical (unpaired) electrons. The molecule has 1 aromatic carbocycles. The molecule has 1 atom stereocenters. The first-order valence-corrected chi connectivity index (χ1v) is 4.62. The first kappa shape index (κ1) is 9.58. The summed E-state index contributed by atoms with van der Waals surface area (Å²) >= 11 is 0. The van der Waals surface area contributed by atoms with Crippen LogP contribution in [0.25, 0.3) is 0 Å². The lowest BCUT2D eigenvalue weighted by molar-refractivity contribution is -0.128. The van der Waals surface area contributed by atoms with Crippen LogP contribution in [-0.4, -0.2) is 17.9 Å². The van der Waals surface area contributed by atoms with E-state index in [1.807, 2.05) is 25.1 Å². The van der Waals surface area contributed by atoms with Crippen LogP contribution in [0.4, 0.5) is 0 Å². The number of benzene rings is 1. The van der Waals surface area contributed by atoms with Gasteiger partial charge in [0.15, 0.2) is 5.78 Å². The number of Topliss-reactive ketones (excluding diaryl/α,β-unsaturated/α-hetero) is 1. The van der Waals surface area contributed by atoms with Crippen molar-refractivity contribution in [2.45, 2.75) is 12.8 Å². The summed E-state index contributed by atoms with van der Waals surface area (Å²) in [6.07, 6.45) is 1.15. The second-order valence-electron chi connectivity index (χ2n) is 3.43. The van der Waals surface area contributed by atoms with Gasteiger partial charge >= 0.3 is 0 Å². The molecule has 0 saturated carbocycles. The van der Waals surface area contributed by atoms with Crippen molar-refractivity contribution in [1.29, 1.82) is 0 Å². The quantitative estimate of drug-likeness (QED) is 0.683. The molecule has 0 aromatic heterocycles. The molecule has 0 bridgehead atoms. The van der Waals surface area contributed by atoms with Gasteiger partial charge in [-0.05, 0) is 18.1 Å². The number of hydrogen-bond donors (Lipinski definition) is 1. The lowest BCUT2D eigenvalue weighted by atomic mass is 9.90. The van der Waals surface area contributed by atoms with Crippen molar-refractivity contribution in [3.63, 3.8) is 0 Å². The van der Waals surface area contributed by atoms with Crippen molar-refractivity contribution in [1.82, 2.24) is 5.43 Å². The van der Waals surface area contributed by atoms with Crippen LogP contribution in [0.15, 0.2) is 29.4 Å². The predicted octanol–water partition coefficient (Wildman–Crippen LogP) is 0.763. The van der Waals surface area contributed by atoms with Gasteiger partial charge in [-0.3, -0.25) is 9.59 Å². The van der Waals surface area contributed by atoms with E-state index in [1.165, 1.54) is 0 Å². The highest BCUT2D eigenvalue weighted by molar-refractivity contribution is 6.36. The second-order valence-corrected chi connectivity index (χ2v) is 3.43. The number of nitrogens with zero attached hydrogens (tertiary/aromatic N) is 1. The molecule has 0 spiro atoms. The highest BCUT2D eigenvalue weighted by atomic mass is 16.2. The summed E-state index contributed by atoms with van der Waals surface area (Å²) in [5.74, 6) is -1.38. The van der Waals surface area contributed by atoms with E-state index in [4.69, 9.17) is 0 Å². The molecule has 1 aliphatic rings. The summed E-state index contributed by atoms with van der Waals surface area (Å²) in [4.78, 5) is 23.1. The minimum atomic E-state index is -0.747. The molecule has 15 heavy (non-hydrogen) atoms. The Bertz CT molecular complexity index is 452. The second kappa shape index (κ2) is 3.65. The summed E-state index contributed by atoms with van der Waals surface area (Å²) in [7, 11) is 0. The fraction of sp³-hybridized carbons (Fsp3) is 0.182. The molecule has 0 aliphatic carbocycles. The van der Waals surface area contributed by atoms with E-state index in [2.05, 4.69) is 10.5 Å². The van der Waals surface area contributed by atoms with Gasteiger partial charge in [-0.15, -0.1) is 0 Å². The zero-order valence-corrected chi connectivity index (χ0v) is 8.23.